The van der Waals surface area contributed by atoms with E-state index in [-0.39, 0.29) is 0 Å². The molecular weight excluding hydrogens is 454 g/mol. The fourth-order valence-electron chi connectivity index (χ4n) is 1.94. The quantitative estimate of drug-likeness (QED) is 0.270. The second kappa shape index (κ2) is 7.02. The number of hydrogen-bond acceptors (Lipinski definition) is 3. The summed E-state index contributed by atoms with van der Waals surface area (Å²) in [6, 6.07) is 3.85. The van der Waals surface area contributed by atoms with E-state index in [2.05, 4.69) is 0 Å². The van der Waals surface area contributed by atoms with Crippen molar-refractivity contribution < 1.29 is 22.0 Å². The summed E-state index contributed by atoms with van der Waals surface area (Å²) >= 11 is 0.00868. The number of alkyl halides is 3. The zero-order valence-electron chi connectivity index (χ0n) is 10.7. The van der Waals surface area contributed by atoms with Crippen molar-refractivity contribution in [3.8, 4) is 5.75 Å². The summed E-state index contributed by atoms with van der Waals surface area (Å²) in [7, 11) is 0. The molecule has 1 saturated heterocycles. The molecule has 0 unspecified atom stereocenters. The number of ether oxygens (including phenoxy) is 1. The molecule has 0 spiro atoms. The van der Waals surface area contributed by atoms with Crippen LogP contribution in [0.4, 0.5) is 11.4 Å². The van der Waals surface area contributed by atoms with E-state index in [9.17, 15) is 0 Å². The molecule has 0 aromatic heterocycles. The third kappa shape index (κ3) is 4.04. The normalized spacial score (nSPS) is 17.3. The second-order valence-electron chi connectivity index (χ2n) is 4.39. The maximum atomic E-state index is 5.94. The zero-order valence-corrected chi connectivity index (χ0v) is 15.0. The van der Waals surface area contributed by atoms with Gasteiger partial charge in [0.05, 0.1) is 0 Å². The Labute approximate surface area is 123 Å². The van der Waals surface area contributed by atoms with Crippen molar-refractivity contribution in [1.29, 1.82) is 0 Å². The molecule has 2 rings (SSSR count). The van der Waals surface area contributed by atoms with Crippen molar-refractivity contribution in [1.82, 2.24) is 0 Å². The number of hydrogen-bond donors (Lipinski definition) is 2. The number of nitrogen functional groups attached to an aromatic ring is 2. The zero-order chi connectivity index (χ0) is 13.0. The Hall–Kier alpha value is 0.0800. The Bertz CT molecular complexity index is 383. The Morgan fingerprint density at radius 3 is 2.44 bits per heavy atom. The monoisotopic (exact) mass is 475 g/mol. The van der Waals surface area contributed by atoms with Crippen LogP contribution in [0.3, 0.4) is 0 Å². The molecule has 3 nitrogen and oxygen atoms in total. The van der Waals surface area contributed by atoms with Gasteiger partial charge in [-0.15, -0.1) is 0 Å². The molecule has 5 heteroatoms. The number of aryl methyl sites for hydroxylation is 1. The van der Waals surface area contributed by atoms with E-state index in [0.29, 0.717) is 34.4 Å². The van der Waals surface area contributed by atoms with Crippen LogP contribution in [0.25, 0.3) is 0 Å². The summed E-state index contributed by atoms with van der Waals surface area (Å²) < 4.78 is 10.3. The predicted molar refractivity (Wildman–Crippen MR) is 83.4 cm³/mol. The third-order valence-corrected chi connectivity index (χ3v) is 22.0. The van der Waals surface area contributed by atoms with Crippen molar-refractivity contribution in [2.45, 2.75) is 19.8 Å². The van der Waals surface area contributed by atoms with Crippen LogP contribution in [0.15, 0.2) is 12.1 Å². The summed E-state index contributed by atoms with van der Waals surface area (Å²) in [5, 5.41) is 0. The number of nitrogens with two attached hydrogens (primary N) is 2. The maximum absolute atomic E-state index is 5.94. The number of benzene rings is 1. The standard InChI is InChI=1S/C13H21I2N2O/c1-10-8-11(16)13(12(17)9-10)18-7-4-14-15-5-2-3-6-15/h8-9H,2-7,16-17H2,1H3/q-1. The van der Waals surface area contributed by atoms with E-state index in [4.69, 9.17) is 16.2 Å². The van der Waals surface area contributed by atoms with Crippen molar-refractivity contribution in [2.24, 2.45) is 0 Å². The minimum atomic E-state index is -0.438. The first-order chi connectivity index (χ1) is 8.66. The molecule has 1 aromatic carbocycles. The van der Waals surface area contributed by atoms with Gasteiger partial charge in [0.25, 0.3) is 0 Å². The van der Waals surface area contributed by atoms with Gasteiger partial charge in [0, 0.05) is 0 Å². The van der Waals surface area contributed by atoms with Gasteiger partial charge in [-0.1, -0.05) is 0 Å². The molecule has 0 saturated carbocycles. The molecule has 1 aliphatic heterocycles. The Balaban J connectivity index is 1.79. The topological polar surface area (TPSA) is 61.3 Å². The minimum absolute atomic E-state index is 0.438. The first-order valence-electron chi connectivity index (χ1n) is 6.17. The van der Waals surface area contributed by atoms with E-state index in [1.165, 1.54) is 17.3 Å². The SMILES string of the molecule is Cc1cc(N)c(OCC[I-]I2CCCC2)c(N)c1. The molecule has 0 radical (unpaired) electrons. The first-order valence-corrected chi connectivity index (χ1v) is 17.0. The summed E-state index contributed by atoms with van der Waals surface area (Å²) in [6.45, 7) is 2.80. The number of rotatable bonds is 5. The van der Waals surface area contributed by atoms with Gasteiger partial charge in [-0.25, -0.2) is 0 Å². The molecule has 1 aromatic rings. The van der Waals surface area contributed by atoms with Crippen LogP contribution in [-0.4, -0.2) is 19.9 Å². The summed E-state index contributed by atoms with van der Waals surface area (Å²) in [5.74, 6) is 0.694. The van der Waals surface area contributed by atoms with E-state index in [1.54, 1.807) is 8.86 Å². The summed E-state index contributed by atoms with van der Waals surface area (Å²) in [5.41, 5.74) is 14.3. The molecular formula is C13H21I2N2O-. The van der Waals surface area contributed by atoms with Gasteiger partial charge in [0.1, 0.15) is 0 Å². The number of anilines is 2. The van der Waals surface area contributed by atoms with Gasteiger partial charge in [0.15, 0.2) is 0 Å². The fraction of sp³-hybridized carbons (Fsp3) is 0.538. The van der Waals surface area contributed by atoms with Crippen LogP contribution in [-0.2, 0) is 0 Å². The Morgan fingerprint density at radius 2 is 1.83 bits per heavy atom. The van der Waals surface area contributed by atoms with E-state index in [1.807, 2.05) is 19.1 Å². The summed E-state index contributed by atoms with van der Waals surface area (Å²) in [4.78, 5) is 0. The van der Waals surface area contributed by atoms with Crippen LogP contribution < -0.4 is 33.4 Å². The average Bonchev–Trinajstić information content (AvgIpc) is 2.79. The second-order valence-corrected chi connectivity index (χ2v) is 22.0. The van der Waals surface area contributed by atoms with Crippen molar-refractivity contribution in [3.63, 3.8) is 0 Å². The average molecular weight is 475 g/mol. The van der Waals surface area contributed by atoms with Gasteiger partial charge >= 0.3 is 124 Å². The summed E-state index contributed by atoms with van der Waals surface area (Å²) in [6.07, 6.45) is 3.01. The molecule has 4 N–H and O–H groups in total. The van der Waals surface area contributed by atoms with Crippen LogP contribution in [0.5, 0.6) is 5.75 Å². The predicted octanol–water partition coefficient (Wildman–Crippen LogP) is -0.158. The third-order valence-electron chi connectivity index (χ3n) is 2.76. The molecule has 0 aliphatic carbocycles. The Kier molecular flexibility index (Phi) is 5.65. The van der Waals surface area contributed by atoms with Gasteiger partial charge < -0.3 is 0 Å². The first kappa shape index (κ1) is 14.5. The molecule has 104 valence electrons. The van der Waals surface area contributed by atoms with Crippen LogP contribution in [0.2, 0.25) is 0 Å². The van der Waals surface area contributed by atoms with E-state index < -0.39 is 15.8 Å². The van der Waals surface area contributed by atoms with Crippen molar-refractivity contribution in [2.75, 3.05) is 31.4 Å². The molecule has 18 heavy (non-hydrogen) atoms. The van der Waals surface area contributed by atoms with E-state index >= 15 is 0 Å². The van der Waals surface area contributed by atoms with Crippen LogP contribution in [0.1, 0.15) is 18.4 Å². The Morgan fingerprint density at radius 1 is 1.22 bits per heavy atom. The van der Waals surface area contributed by atoms with Gasteiger partial charge in [0.2, 0.25) is 0 Å². The van der Waals surface area contributed by atoms with Gasteiger partial charge in [-0.2, -0.15) is 0 Å². The number of halogens is 2. The van der Waals surface area contributed by atoms with Crippen LogP contribution in [0, 0.1) is 6.92 Å². The fourth-order valence-corrected chi connectivity index (χ4v) is 19.5. The molecule has 0 amide bonds. The molecule has 0 bridgehead atoms. The van der Waals surface area contributed by atoms with Gasteiger partial charge in [-0.05, 0) is 0 Å². The molecule has 1 aliphatic rings. The van der Waals surface area contributed by atoms with Gasteiger partial charge in [-0.3, -0.25) is 0 Å². The molecule has 1 fully saturated rings. The van der Waals surface area contributed by atoms with E-state index in [0.717, 1.165) is 12.2 Å². The van der Waals surface area contributed by atoms with Crippen molar-refractivity contribution >= 4 is 27.2 Å². The molecule has 1 heterocycles. The van der Waals surface area contributed by atoms with Crippen molar-refractivity contribution in [3.05, 3.63) is 17.7 Å². The van der Waals surface area contributed by atoms with Crippen LogP contribution >= 0.6 is 15.8 Å². The molecule has 0 atom stereocenters.